The van der Waals surface area contributed by atoms with E-state index in [2.05, 4.69) is 53.4 Å². The molecule has 3 fully saturated rings. The second kappa shape index (κ2) is 20.5. The lowest BCUT2D eigenvalue weighted by molar-refractivity contribution is -0.149. The second-order valence-electron chi connectivity index (χ2n) is 17.8. The highest BCUT2D eigenvalue weighted by Crippen LogP contribution is 2.47. The number of esters is 2. The van der Waals surface area contributed by atoms with Crippen molar-refractivity contribution in [2.75, 3.05) is 32.2 Å². The molecular formula is C50H63N3O8. The van der Waals surface area contributed by atoms with Crippen LogP contribution in [0.4, 0.5) is 5.69 Å². The van der Waals surface area contributed by atoms with Gasteiger partial charge in [-0.25, -0.2) is 0 Å². The van der Waals surface area contributed by atoms with E-state index in [0.29, 0.717) is 25.9 Å². The van der Waals surface area contributed by atoms with Crippen LogP contribution in [0.5, 0.6) is 0 Å². The first kappa shape index (κ1) is 45.2. The van der Waals surface area contributed by atoms with Gasteiger partial charge in [0.15, 0.2) is 11.6 Å². The number of likely N-dealkylation sites (tertiary alicyclic amines) is 2. The summed E-state index contributed by atoms with van der Waals surface area (Å²) in [6.07, 6.45) is 5.08. The van der Waals surface area contributed by atoms with Gasteiger partial charge in [-0.05, 0) is 84.7 Å². The van der Waals surface area contributed by atoms with Crippen molar-refractivity contribution in [2.24, 2.45) is 23.7 Å². The Balaban J connectivity index is 1.12. The minimum Gasteiger partial charge on any atom is -0.469 e. The summed E-state index contributed by atoms with van der Waals surface area (Å²) in [6, 6.07) is 26.2. The Kier molecular flexibility index (Phi) is 15.2. The molecule has 2 amide bonds. The van der Waals surface area contributed by atoms with Crippen molar-refractivity contribution in [3.63, 3.8) is 0 Å². The second-order valence-corrected chi connectivity index (χ2v) is 17.8. The summed E-state index contributed by atoms with van der Waals surface area (Å²) in [5.41, 5.74) is 5.24. The van der Waals surface area contributed by atoms with Crippen LogP contribution < -0.4 is 4.90 Å². The Bertz CT molecular complexity index is 1890. The van der Waals surface area contributed by atoms with Crippen molar-refractivity contribution in [3.8, 4) is 0 Å². The number of ketones is 2. The summed E-state index contributed by atoms with van der Waals surface area (Å²) in [5, 5.41) is 0. The van der Waals surface area contributed by atoms with Gasteiger partial charge >= 0.3 is 11.9 Å². The van der Waals surface area contributed by atoms with Gasteiger partial charge in [0.05, 0.1) is 63.1 Å². The van der Waals surface area contributed by atoms with Crippen molar-refractivity contribution in [2.45, 2.75) is 116 Å². The lowest BCUT2D eigenvalue weighted by Gasteiger charge is -2.33. The summed E-state index contributed by atoms with van der Waals surface area (Å²) in [6.45, 7) is 8.71. The molecule has 0 aromatic heterocycles. The van der Waals surface area contributed by atoms with E-state index in [1.165, 1.54) is 14.2 Å². The number of carbonyl (C=O) groups excluding carboxylic acids is 6. The summed E-state index contributed by atoms with van der Waals surface area (Å²) >= 11 is 0. The highest BCUT2D eigenvalue weighted by molar-refractivity contribution is 5.93. The van der Waals surface area contributed by atoms with Gasteiger partial charge in [0.1, 0.15) is 0 Å². The van der Waals surface area contributed by atoms with Crippen LogP contribution in [-0.2, 0) is 51.1 Å². The summed E-state index contributed by atoms with van der Waals surface area (Å²) in [5.74, 6) is -2.29. The highest BCUT2D eigenvalue weighted by atomic mass is 16.5. The molecule has 0 aliphatic carbocycles. The number of rotatable bonds is 17. The Hall–Kier alpha value is -5.32. The smallest absolute Gasteiger partial charge is 0.306 e. The molecule has 3 aliphatic rings. The molecule has 3 aliphatic heterocycles. The van der Waals surface area contributed by atoms with Gasteiger partial charge in [0.2, 0.25) is 11.8 Å². The van der Waals surface area contributed by atoms with Crippen LogP contribution in [0, 0.1) is 23.7 Å². The molecule has 0 spiro atoms. The fourth-order valence-electron chi connectivity index (χ4n) is 9.68. The van der Waals surface area contributed by atoms with Gasteiger partial charge in [-0.3, -0.25) is 28.8 Å². The number of ether oxygens (including phenoxy) is 2. The first-order valence-corrected chi connectivity index (χ1v) is 22.1. The van der Waals surface area contributed by atoms with Crippen molar-refractivity contribution in [3.05, 3.63) is 101 Å². The van der Waals surface area contributed by atoms with Crippen molar-refractivity contribution in [1.29, 1.82) is 0 Å². The minimum atomic E-state index is -0.526. The largest absolute Gasteiger partial charge is 0.469 e. The number of nitrogens with zero attached hydrogens (tertiary/aromatic N) is 3. The number of anilines is 1. The van der Waals surface area contributed by atoms with E-state index in [1.54, 1.807) is 9.80 Å². The van der Waals surface area contributed by atoms with E-state index in [9.17, 15) is 28.8 Å². The predicted octanol–water partition coefficient (Wildman–Crippen LogP) is 7.65. The maximum absolute atomic E-state index is 13.7. The van der Waals surface area contributed by atoms with Crippen LogP contribution in [0.25, 0.3) is 0 Å². The lowest BCUT2D eigenvalue weighted by Crippen LogP contribution is -2.45. The lowest BCUT2D eigenvalue weighted by atomic mass is 9.90. The maximum Gasteiger partial charge on any atom is 0.306 e. The molecule has 6 atom stereocenters. The third-order valence-corrected chi connectivity index (χ3v) is 13.2. The van der Waals surface area contributed by atoms with Crippen LogP contribution in [0.3, 0.4) is 0 Å². The molecule has 0 bridgehead atoms. The number of para-hydroxylation sites is 1. The fraction of sp³-hybridized carbons (Fsp3) is 0.520. The van der Waals surface area contributed by atoms with Crippen LogP contribution in [0.2, 0.25) is 0 Å². The van der Waals surface area contributed by atoms with E-state index in [-0.39, 0.29) is 73.0 Å². The van der Waals surface area contributed by atoms with Gasteiger partial charge in [0, 0.05) is 31.6 Å². The van der Waals surface area contributed by atoms with Crippen LogP contribution in [-0.4, -0.2) is 84.5 Å². The molecule has 11 nitrogen and oxygen atoms in total. The first-order valence-electron chi connectivity index (χ1n) is 22.1. The van der Waals surface area contributed by atoms with Gasteiger partial charge in [-0.1, -0.05) is 94.4 Å². The van der Waals surface area contributed by atoms with Gasteiger partial charge in [-0.2, -0.15) is 0 Å². The third-order valence-electron chi connectivity index (χ3n) is 13.2. The number of amides is 2. The topological polar surface area (TPSA) is 131 Å². The minimum absolute atomic E-state index is 0.00538. The summed E-state index contributed by atoms with van der Waals surface area (Å²) in [7, 11) is 2.65. The standard InChI is InChI=1S/C50H63N3O8/c1-32(2)39(30-47(56)60-5)49(58)51-26-10-14-43(51)45(54)28-34-16-20-36(21-17-34)41-24-25-42(53(41)38-12-8-7-9-13-38)37-22-18-35(19-23-37)29-46(55)44-15-11-27-52(44)50(59)40(33(3)4)31-48(57)61-6/h7-9,12-13,16-23,32-33,39-44H,10-11,14-15,24-31H2,1-6H3/t39-,40-,41?,42?,43-,44-/m0/s1. The molecule has 0 saturated carbocycles. The molecule has 0 N–H and O–H groups in total. The number of Topliss-reactive ketones (excluding diaryl/α,β-unsaturated/α-hetero) is 2. The Morgan fingerprint density at radius 2 is 0.951 bits per heavy atom. The van der Waals surface area contributed by atoms with Crippen LogP contribution in [0.1, 0.15) is 113 Å². The van der Waals surface area contributed by atoms with Gasteiger partial charge in [0.25, 0.3) is 0 Å². The molecule has 61 heavy (non-hydrogen) atoms. The molecule has 2 unspecified atom stereocenters. The zero-order chi connectivity index (χ0) is 43.8. The number of benzene rings is 3. The highest BCUT2D eigenvalue weighted by Gasteiger charge is 2.41. The Labute approximate surface area is 361 Å². The van der Waals surface area contributed by atoms with E-state index < -0.39 is 35.9 Å². The normalized spacial score (nSPS) is 21.1. The van der Waals surface area contributed by atoms with E-state index in [0.717, 1.165) is 53.6 Å². The average molecular weight is 834 g/mol. The molecule has 0 radical (unpaired) electrons. The van der Waals surface area contributed by atoms with E-state index in [1.807, 2.05) is 58.0 Å². The number of methoxy groups -OCH3 is 2. The fourth-order valence-corrected chi connectivity index (χ4v) is 9.68. The van der Waals surface area contributed by atoms with E-state index >= 15 is 0 Å². The van der Waals surface area contributed by atoms with Crippen molar-refractivity contribution < 1.29 is 38.2 Å². The molecule has 3 aromatic rings. The number of carbonyl (C=O) groups is 6. The van der Waals surface area contributed by atoms with Crippen molar-refractivity contribution >= 4 is 41.0 Å². The summed E-state index contributed by atoms with van der Waals surface area (Å²) in [4.78, 5) is 84.7. The molecule has 326 valence electrons. The Morgan fingerprint density at radius 3 is 1.31 bits per heavy atom. The van der Waals surface area contributed by atoms with E-state index in [4.69, 9.17) is 9.47 Å². The molecule has 3 heterocycles. The molecule has 11 heteroatoms. The number of hydrogen-bond acceptors (Lipinski definition) is 9. The zero-order valence-electron chi connectivity index (χ0n) is 36.7. The molecule has 3 aromatic carbocycles. The Morgan fingerprint density at radius 1 is 0.557 bits per heavy atom. The number of hydrogen-bond donors (Lipinski definition) is 0. The van der Waals surface area contributed by atoms with Crippen LogP contribution in [0.15, 0.2) is 78.9 Å². The molecule has 3 saturated heterocycles. The summed E-state index contributed by atoms with van der Waals surface area (Å²) < 4.78 is 9.71. The average Bonchev–Trinajstić information content (AvgIpc) is 4.06. The molecular weight excluding hydrogens is 771 g/mol. The third kappa shape index (κ3) is 10.6. The van der Waals surface area contributed by atoms with Crippen LogP contribution >= 0.6 is 0 Å². The van der Waals surface area contributed by atoms with Crippen molar-refractivity contribution in [1.82, 2.24) is 9.80 Å². The SMILES string of the molecule is COC(=O)C[C@H](C(=O)N1CCC[C@H]1C(=O)Cc1ccc(C2CCC(c3ccc(CC(=O)[C@@H]4CCCN4C(=O)[C@@H](CC(=O)OC)C(C)C)cc3)N2c2ccccc2)cc1)C(C)C. The van der Waals surface area contributed by atoms with Gasteiger partial charge < -0.3 is 24.2 Å². The predicted molar refractivity (Wildman–Crippen MR) is 233 cm³/mol. The maximum atomic E-state index is 13.7. The first-order chi connectivity index (χ1) is 29.3. The zero-order valence-corrected chi connectivity index (χ0v) is 36.7. The van der Waals surface area contributed by atoms with Gasteiger partial charge in [-0.15, -0.1) is 0 Å². The quantitative estimate of drug-likeness (QED) is 0.126. The monoisotopic (exact) mass is 833 g/mol. The molecule has 6 rings (SSSR count).